The predicted molar refractivity (Wildman–Crippen MR) is 99.2 cm³/mol. The van der Waals surface area contributed by atoms with Crippen LogP contribution in [0.3, 0.4) is 0 Å². The lowest BCUT2D eigenvalue weighted by molar-refractivity contribution is -0.384. The second kappa shape index (κ2) is 9.26. The van der Waals surface area contributed by atoms with Crippen LogP contribution in [0.25, 0.3) is 0 Å². The Balaban J connectivity index is 2.16. The van der Waals surface area contributed by atoms with Gasteiger partial charge in [-0.1, -0.05) is 18.2 Å². The van der Waals surface area contributed by atoms with E-state index in [0.29, 0.717) is 12.2 Å². The van der Waals surface area contributed by atoms with E-state index < -0.39 is 35.1 Å². The number of hydrogen-bond acceptors (Lipinski definition) is 7. The number of rotatable bonds is 7. The fourth-order valence-electron chi connectivity index (χ4n) is 2.47. The Morgan fingerprint density at radius 3 is 2.18 bits per heavy atom. The molecule has 0 aliphatic heterocycles. The molecule has 9 nitrogen and oxygen atoms in total. The van der Waals surface area contributed by atoms with Crippen molar-refractivity contribution in [1.29, 1.82) is 0 Å². The molecule has 28 heavy (non-hydrogen) atoms. The quantitative estimate of drug-likeness (QED) is 0.408. The van der Waals surface area contributed by atoms with Gasteiger partial charge in [0, 0.05) is 24.4 Å². The molecule has 146 valence electrons. The van der Waals surface area contributed by atoms with Gasteiger partial charge in [0.25, 0.3) is 11.6 Å². The molecule has 2 aromatic rings. The van der Waals surface area contributed by atoms with Gasteiger partial charge in [0.05, 0.1) is 23.2 Å². The number of benzene rings is 2. The number of nitro groups is 1. The Morgan fingerprint density at radius 1 is 1.04 bits per heavy atom. The average molecular weight is 386 g/mol. The lowest BCUT2D eigenvalue weighted by Crippen LogP contribution is -2.34. The summed E-state index contributed by atoms with van der Waals surface area (Å²) in [7, 11) is 1.11. The van der Waals surface area contributed by atoms with Crippen LogP contribution >= 0.6 is 0 Å². The summed E-state index contributed by atoms with van der Waals surface area (Å²) in [6.45, 7) is 1.58. The van der Waals surface area contributed by atoms with E-state index in [1.54, 1.807) is 31.2 Å². The first kappa shape index (κ1) is 20.6. The molecule has 0 saturated heterocycles. The van der Waals surface area contributed by atoms with Crippen molar-refractivity contribution in [2.24, 2.45) is 0 Å². The molecule has 0 fully saturated rings. The van der Waals surface area contributed by atoms with Gasteiger partial charge >= 0.3 is 11.9 Å². The van der Waals surface area contributed by atoms with E-state index in [4.69, 9.17) is 4.74 Å². The highest BCUT2D eigenvalue weighted by atomic mass is 16.6. The van der Waals surface area contributed by atoms with E-state index >= 15 is 0 Å². The van der Waals surface area contributed by atoms with Crippen LogP contribution in [0.15, 0.2) is 48.5 Å². The first-order chi connectivity index (χ1) is 13.4. The Bertz CT molecular complexity index is 896. The van der Waals surface area contributed by atoms with Crippen molar-refractivity contribution in [1.82, 2.24) is 0 Å². The fraction of sp³-hybridized carbons (Fsp3) is 0.211. The Morgan fingerprint density at radius 2 is 1.64 bits per heavy atom. The maximum atomic E-state index is 12.4. The third-order valence-electron chi connectivity index (χ3n) is 3.80. The van der Waals surface area contributed by atoms with Crippen LogP contribution in [0.1, 0.15) is 27.6 Å². The highest BCUT2D eigenvalue weighted by molar-refractivity contribution is 5.99. The van der Waals surface area contributed by atoms with Crippen molar-refractivity contribution in [3.8, 4) is 0 Å². The number of nitrogens with zero attached hydrogens (tertiary/aromatic N) is 2. The van der Waals surface area contributed by atoms with Gasteiger partial charge in [-0.2, -0.15) is 0 Å². The summed E-state index contributed by atoms with van der Waals surface area (Å²) in [5.41, 5.74) is -0.227. The fourth-order valence-corrected chi connectivity index (χ4v) is 2.47. The summed E-state index contributed by atoms with van der Waals surface area (Å²) in [6, 6.07) is 11.9. The Hall–Kier alpha value is -3.75. The topological polar surface area (TPSA) is 116 Å². The van der Waals surface area contributed by atoms with Crippen molar-refractivity contribution in [3.63, 3.8) is 0 Å². The number of hydrogen-bond donors (Lipinski definition) is 0. The number of anilines is 1. The van der Waals surface area contributed by atoms with Gasteiger partial charge in [-0.3, -0.25) is 14.9 Å². The maximum Gasteiger partial charge on any atom is 0.338 e. The van der Waals surface area contributed by atoms with Gasteiger partial charge in [0.2, 0.25) is 0 Å². The van der Waals surface area contributed by atoms with Crippen molar-refractivity contribution in [3.05, 3.63) is 69.8 Å². The highest BCUT2D eigenvalue weighted by Gasteiger charge is 2.21. The zero-order chi connectivity index (χ0) is 20.7. The Kier molecular flexibility index (Phi) is 6.80. The molecule has 9 heteroatoms. The minimum absolute atomic E-state index is 0.172. The normalized spacial score (nSPS) is 10.1. The van der Waals surface area contributed by atoms with Crippen LogP contribution in [0, 0.1) is 10.1 Å². The van der Waals surface area contributed by atoms with Crippen LogP contribution in [0.5, 0.6) is 0 Å². The monoisotopic (exact) mass is 386 g/mol. The van der Waals surface area contributed by atoms with E-state index in [0.717, 1.165) is 25.3 Å². The van der Waals surface area contributed by atoms with Gasteiger partial charge in [0.15, 0.2) is 6.61 Å². The second-order valence-electron chi connectivity index (χ2n) is 5.57. The number of amides is 1. The second-order valence-corrected chi connectivity index (χ2v) is 5.57. The summed E-state index contributed by atoms with van der Waals surface area (Å²) in [6.07, 6.45) is 0. The first-order valence-electron chi connectivity index (χ1n) is 8.27. The number of ether oxygens (including phenoxy) is 2. The van der Waals surface area contributed by atoms with E-state index in [9.17, 15) is 24.5 Å². The smallest absolute Gasteiger partial charge is 0.338 e. The molecule has 1 amide bonds. The van der Waals surface area contributed by atoms with E-state index in [-0.39, 0.29) is 11.1 Å². The number of nitro benzene ring substituents is 1. The molecule has 0 heterocycles. The van der Waals surface area contributed by atoms with Gasteiger partial charge in [-0.15, -0.1) is 0 Å². The Labute approximate surface area is 160 Å². The summed E-state index contributed by atoms with van der Waals surface area (Å²) >= 11 is 0. The molecule has 0 aliphatic rings. The van der Waals surface area contributed by atoms with Crippen LogP contribution in [0.4, 0.5) is 11.4 Å². The first-order valence-corrected chi connectivity index (χ1v) is 8.27. The molecule has 0 aliphatic carbocycles. The lowest BCUT2D eigenvalue weighted by Gasteiger charge is -2.20. The van der Waals surface area contributed by atoms with Gasteiger partial charge in [-0.05, 0) is 25.1 Å². The van der Waals surface area contributed by atoms with E-state index in [1.165, 1.54) is 4.90 Å². The van der Waals surface area contributed by atoms with Crippen LogP contribution in [0.2, 0.25) is 0 Å². The minimum atomic E-state index is -0.966. The molecule has 0 saturated carbocycles. The maximum absolute atomic E-state index is 12.4. The van der Waals surface area contributed by atoms with Gasteiger partial charge in [0.1, 0.15) is 0 Å². The SMILES string of the molecule is CCN(C(=O)COC(=O)c1cc(C(=O)OC)cc([N+](=O)[O-])c1)c1ccccc1. The molecular formula is C19H18N2O7. The summed E-state index contributed by atoms with van der Waals surface area (Å²) in [4.78, 5) is 48.0. The van der Waals surface area contributed by atoms with E-state index in [2.05, 4.69) is 4.74 Å². The summed E-state index contributed by atoms with van der Waals surface area (Å²) < 4.78 is 9.52. The number of likely N-dealkylation sites (N-methyl/N-ethyl adjacent to an activating group) is 1. The molecule has 0 spiro atoms. The molecule has 0 radical (unpaired) electrons. The largest absolute Gasteiger partial charge is 0.465 e. The number of carbonyl (C=O) groups is 3. The predicted octanol–water partition coefficient (Wildman–Crippen LogP) is 2.59. The van der Waals surface area contributed by atoms with Crippen LogP contribution in [-0.2, 0) is 14.3 Å². The minimum Gasteiger partial charge on any atom is -0.465 e. The third-order valence-corrected chi connectivity index (χ3v) is 3.80. The number of esters is 2. The molecule has 0 atom stereocenters. The molecule has 2 aromatic carbocycles. The zero-order valence-corrected chi connectivity index (χ0v) is 15.3. The van der Waals surface area contributed by atoms with E-state index in [1.807, 2.05) is 6.07 Å². The molecule has 0 unspecified atom stereocenters. The lowest BCUT2D eigenvalue weighted by atomic mass is 10.1. The van der Waals surface area contributed by atoms with Crippen LogP contribution < -0.4 is 4.90 Å². The zero-order valence-electron chi connectivity index (χ0n) is 15.3. The number of para-hydroxylation sites is 1. The summed E-state index contributed by atoms with van der Waals surface area (Å²) in [5, 5.41) is 11.0. The standard InChI is InChI=1S/C19H18N2O7/c1-3-20(15-7-5-4-6-8-15)17(22)12-28-19(24)14-9-13(18(23)27-2)10-16(11-14)21(25)26/h4-11H,3,12H2,1-2H3. The van der Waals surface area contributed by atoms with Gasteiger partial charge < -0.3 is 14.4 Å². The molecular weight excluding hydrogens is 368 g/mol. The third kappa shape index (κ3) is 4.91. The van der Waals surface area contributed by atoms with Crippen molar-refractivity contribution < 1.29 is 28.8 Å². The number of carbonyl (C=O) groups excluding carboxylic acids is 3. The van der Waals surface area contributed by atoms with Crippen molar-refractivity contribution in [2.45, 2.75) is 6.92 Å². The van der Waals surface area contributed by atoms with Crippen molar-refractivity contribution >= 4 is 29.2 Å². The molecule has 0 bridgehead atoms. The number of methoxy groups -OCH3 is 1. The molecule has 2 rings (SSSR count). The van der Waals surface area contributed by atoms with Crippen LogP contribution in [-0.4, -0.2) is 43.0 Å². The average Bonchev–Trinajstić information content (AvgIpc) is 2.72. The van der Waals surface area contributed by atoms with Gasteiger partial charge in [-0.25, -0.2) is 9.59 Å². The molecule has 0 aromatic heterocycles. The van der Waals surface area contributed by atoms with Crippen molar-refractivity contribution in [2.75, 3.05) is 25.2 Å². The molecule has 0 N–H and O–H groups in total. The summed E-state index contributed by atoms with van der Waals surface area (Å²) in [5.74, 6) is -2.26. The number of non-ortho nitro benzene ring substituents is 1. The highest BCUT2D eigenvalue weighted by Crippen LogP contribution is 2.19.